The highest BCUT2D eigenvalue weighted by atomic mass is 35.5. The second-order valence-corrected chi connectivity index (χ2v) is 6.09. The molecule has 0 spiro atoms. The number of fused-ring (bicyclic) bond motifs is 1. The fraction of sp³-hybridized carbons (Fsp3) is 0.400. The second kappa shape index (κ2) is 5.24. The van der Waals surface area contributed by atoms with Crippen LogP contribution in [0.5, 0.6) is 0 Å². The molecule has 0 aromatic carbocycles. The molecule has 1 atom stereocenters. The van der Waals surface area contributed by atoms with Crippen LogP contribution in [-0.4, -0.2) is 20.5 Å². The zero-order chi connectivity index (χ0) is 14.5. The monoisotopic (exact) mass is 306 g/mol. The Hall–Kier alpha value is -1.72. The van der Waals surface area contributed by atoms with Crippen LogP contribution in [0.2, 0.25) is 0 Å². The lowest BCUT2D eigenvalue weighted by molar-refractivity contribution is -0.454. The van der Waals surface area contributed by atoms with E-state index in [1.807, 2.05) is 25.1 Å². The zero-order valence-electron chi connectivity index (χ0n) is 12.4. The average molecular weight is 307 g/mol. The van der Waals surface area contributed by atoms with Crippen molar-refractivity contribution in [2.75, 3.05) is 0 Å². The van der Waals surface area contributed by atoms with Gasteiger partial charge in [0.15, 0.2) is 11.6 Å². The molecule has 3 N–H and O–H groups in total. The maximum Gasteiger partial charge on any atom is 0.167 e. The largest absolute Gasteiger partial charge is 1.00 e. The van der Waals surface area contributed by atoms with Crippen LogP contribution in [0.4, 0.5) is 0 Å². The topological polar surface area (TPSA) is 75.4 Å². The summed E-state index contributed by atoms with van der Waals surface area (Å²) in [5.74, 6) is 0.889. The van der Waals surface area contributed by atoms with Gasteiger partial charge in [0, 0.05) is 18.0 Å². The molecule has 112 valence electrons. The third kappa shape index (κ3) is 2.36. The summed E-state index contributed by atoms with van der Waals surface area (Å²) in [6.07, 6.45) is 2.25. The summed E-state index contributed by atoms with van der Waals surface area (Å²) in [5, 5.41) is 4.52. The SMILES string of the molecule is Cc1nn(-c2ccccn2)c2c1C(=O)CC(C)(C)[C@H]2[NH3+].[Cl-]. The van der Waals surface area contributed by atoms with Crippen molar-refractivity contribution >= 4 is 5.78 Å². The number of carbonyl (C=O) groups is 1. The van der Waals surface area contributed by atoms with Crippen molar-refractivity contribution in [3.05, 3.63) is 41.3 Å². The third-order valence-corrected chi connectivity index (χ3v) is 4.13. The molecule has 1 aliphatic carbocycles. The first-order chi connectivity index (χ1) is 9.42. The number of carbonyl (C=O) groups excluding carboxylic acids is 1. The van der Waals surface area contributed by atoms with Gasteiger partial charge in [-0.3, -0.25) is 4.79 Å². The number of aryl methyl sites for hydroxylation is 1. The van der Waals surface area contributed by atoms with E-state index in [-0.39, 0.29) is 29.6 Å². The number of aromatic nitrogens is 3. The molecule has 6 heteroatoms. The summed E-state index contributed by atoms with van der Waals surface area (Å²) in [6.45, 7) is 6.04. The summed E-state index contributed by atoms with van der Waals surface area (Å²) in [7, 11) is 0. The Morgan fingerprint density at radius 1 is 1.38 bits per heavy atom. The van der Waals surface area contributed by atoms with E-state index in [1.165, 1.54) is 0 Å². The highest BCUT2D eigenvalue weighted by Gasteiger charge is 2.44. The van der Waals surface area contributed by atoms with Gasteiger partial charge in [-0.15, -0.1) is 0 Å². The van der Waals surface area contributed by atoms with Crippen molar-refractivity contribution in [3.63, 3.8) is 0 Å². The predicted molar refractivity (Wildman–Crippen MR) is 74.5 cm³/mol. The van der Waals surface area contributed by atoms with Crippen molar-refractivity contribution in [1.82, 2.24) is 14.8 Å². The average Bonchev–Trinajstić information content (AvgIpc) is 2.75. The number of ketones is 1. The summed E-state index contributed by atoms with van der Waals surface area (Å²) in [5.41, 5.74) is 6.51. The van der Waals surface area contributed by atoms with Gasteiger partial charge in [0.2, 0.25) is 0 Å². The number of nitrogens with zero attached hydrogens (tertiary/aromatic N) is 3. The lowest BCUT2D eigenvalue weighted by atomic mass is 9.72. The number of hydrogen-bond donors (Lipinski definition) is 1. The fourth-order valence-electron chi connectivity index (χ4n) is 2.86. The van der Waals surface area contributed by atoms with Crippen molar-refractivity contribution in [1.29, 1.82) is 0 Å². The Morgan fingerprint density at radius 3 is 2.71 bits per heavy atom. The Morgan fingerprint density at radius 2 is 2.10 bits per heavy atom. The van der Waals surface area contributed by atoms with Gasteiger partial charge in [-0.1, -0.05) is 19.9 Å². The summed E-state index contributed by atoms with van der Waals surface area (Å²) in [4.78, 5) is 16.7. The van der Waals surface area contributed by atoms with Crippen molar-refractivity contribution in [2.24, 2.45) is 5.41 Å². The van der Waals surface area contributed by atoms with Crippen LogP contribution in [0.25, 0.3) is 5.82 Å². The summed E-state index contributed by atoms with van der Waals surface area (Å²) >= 11 is 0. The Bertz CT molecular complexity index is 678. The maximum absolute atomic E-state index is 12.4. The lowest BCUT2D eigenvalue weighted by Gasteiger charge is -2.32. The van der Waals surface area contributed by atoms with E-state index in [0.29, 0.717) is 6.42 Å². The van der Waals surface area contributed by atoms with Gasteiger partial charge in [0.05, 0.1) is 11.3 Å². The normalized spacial score (nSPS) is 19.8. The number of quaternary nitrogens is 1. The highest BCUT2D eigenvalue weighted by Crippen LogP contribution is 2.42. The molecule has 0 saturated carbocycles. The quantitative estimate of drug-likeness (QED) is 0.695. The first-order valence-corrected chi connectivity index (χ1v) is 6.79. The molecule has 2 heterocycles. The Balaban J connectivity index is 0.00000161. The number of pyridine rings is 1. The maximum atomic E-state index is 12.4. The van der Waals surface area contributed by atoms with Gasteiger partial charge in [0.25, 0.3) is 0 Å². The van der Waals surface area contributed by atoms with E-state index in [2.05, 4.69) is 29.7 Å². The Labute approximate surface area is 130 Å². The molecule has 1 aliphatic rings. The molecule has 0 radical (unpaired) electrons. The van der Waals surface area contributed by atoms with E-state index in [1.54, 1.807) is 10.9 Å². The van der Waals surface area contributed by atoms with Crippen molar-refractivity contribution in [2.45, 2.75) is 33.2 Å². The Kier molecular flexibility index (Phi) is 3.91. The predicted octanol–water partition coefficient (Wildman–Crippen LogP) is -1.52. The molecule has 21 heavy (non-hydrogen) atoms. The van der Waals surface area contributed by atoms with Crippen LogP contribution in [0.1, 0.15) is 48.1 Å². The summed E-state index contributed by atoms with van der Waals surface area (Å²) < 4.78 is 1.78. The van der Waals surface area contributed by atoms with Gasteiger partial charge >= 0.3 is 0 Å². The highest BCUT2D eigenvalue weighted by molar-refractivity contribution is 6.00. The molecule has 0 fully saturated rings. The van der Waals surface area contributed by atoms with Crippen molar-refractivity contribution < 1.29 is 22.9 Å². The van der Waals surface area contributed by atoms with E-state index < -0.39 is 0 Å². The molecule has 5 nitrogen and oxygen atoms in total. The van der Waals surface area contributed by atoms with Gasteiger partial charge in [-0.25, -0.2) is 9.67 Å². The molecule has 2 aromatic heterocycles. The number of Topliss-reactive ketones (excluding diaryl/α,β-unsaturated/α-hetero) is 1. The van der Waals surface area contributed by atoms with Crippen LogP contribution < -0.4 is 18.1 Å². The molecule has 3 rings (SSSR count). The first kappa shape index (κ1) is 15.7. The van der Waals surface area contributed by atoms with Crippen LogP contribution in [0, 0.1) is 12.3 Å². The van der Waals surface area contributed by atoms with E-state index in [4.69, 9.17) is 0 Å². The minimum atomic E-state index is -0.164. The summed E-state index contributed by atoms with van der Waals surface area (Å²) in [6, 6.07) is 5.69. The first-order valence-electron chi connectivity index (χ1n) is 6.79. The fourth-order valence-corrected chi connectivity index (χ4v) is 2.86. The standard InChI is InChI=1S/C15H18N4O.ClH/c1-9-12-10(20)8-15(2,3)14(16)13(12)19(18-9)11-6-4-5-7-17-11;/h4-7,14H,8,16H2,1-3H3;1H/t14-;/m0./s1. The molecule has 0 saturated heterocycles. The van der Waals surface area contributed by atoms with Crippen LogP contribution in [0.3, 0.4) is 0 Å². The molecular weight excluding hydrogens is 288 g/mol. The number of hydrogen-bond acceptors (Lipinski definition) is 3. The molecule has 0 amide bonds. The second-order valence-electron chi connectivity index (χ2n) is 6.09. The molecule has 0 bridgehead atoms. The van der Waals surface area contributed by atoms with Gasteiger partial charge in [-0.2, -0.15) is 5.10 Å². The van der Waals surface area contributed by atoms with E-state index in [0.717, 1.165) is 22.8 Å². The molecular formula is C15H19ClN4O. The number of rotatable bonds is 1. The van der Waals surface area contributed by atoms with Crippen molar-refractivity contribution in [3.8, 4) is 5.82 Å². The smallest absolute Gasteiger partial charge is 0.167 e. The molecule has 0 aliphatic heterocycles. The van der Waals surface area contributed by atoms with Gasteiger partial charge in [0.1, 0.15) is 11.7 Å². The van der Waals surface area contributed by atoms with Crippen LogP contribution in [-0.2, 0) is 0 Å². The zero-order valence-corrected chi connectivity index (χ0v) is 13.2. The minimum Gasteiger partial charge on any atom is -1.00 e. The molecule has 0 unspecified atom stereocenters. The van der Waals surface area contributed by atoms with Crippen LogP contribution >= 0.6 is 0 Å². The molecule has 2 aromatic rings. The van der Waals surface area contributed by atoms with Crippen LogP contribution in [0.15, 0.2) is 24.4 Å². The minimum absolute atomic E-state index is 0. The van der Waals surface area contributed by atoms with E-state index >= 15 is 0 Å². The number of halogens is 1. The lowest BCUT2D eigenvalue weighted by Crippen LogP contribution is -3.00. The van der Waals surface area contributed by atoms with Gasteiger partial charge < -0.3 is 18.1 Å². The van der Waals surface area contributed by atoms with Gasteiger partial charge in [-0.05, 0) is 19.1 Å². The third-order valence-electron chi connectivity index (χ3n) is 4.13. The van der Waals surface area contributed by atoms with E-state index in [9.17, 15) is 4.79 Å².